The number of hydrogen-bond donors (Lipinski definition) is 2. The van der Waals surface area contributed by atoms with Crippen LogP contribution in [-0.4, -0.2) is 22.6 Å². The minimum absolute atomic E-state index is 0.0188. The molecule has 0 spiro atoms. The van der Waals surface area contributed by atoms with Gasteiger partial charge in [0.05, 0.1) is 21.3 Å². The minimum Gasteiger partial charge on any atom is -0.410 e. The number of hydrogen-bond acceptors (Lipinski definition) is 4. The fourth-order valence-electron chi connectivity index (χ4n) is 1.37. The minimum atomic E-state index is -0.779. The van der Waals surface area contributed by atoms with Crippen LogP contribution in [0.5, 0.6) is 0 Å². The second-order valence-corrected chi connectivity index (χ2v) is 3.80. The van der Waals surface area contributed by atoms with Gasteiger partial charge in [-0.15, -0.1) is 0 Å². The zero-order valence-electron chi connectivity index (χ0n) is 7.62. The average molecular weight is 259 g/mol. The number of Topliss-reactive ketones (excluding diaryl/α,β-unsaturated/α-hetero) is 1. The normalized spacial score (nSPS) is 17.2. The van der Waals surface area contributed by atoms with E-state index in [4.69, 9.17) is 28.4 Å². The molecular formula is C9H4Cl2N2O3. The highest BCUT2D eigenvalue weighted by molar-refractivity contribution is 6.73. The summed E-state index contributed by atoms with van der Waals surface area (Å²) >= 11 is 11.6. The number of ketones is 1. The predicted octanol–water partition coefficient (Wildman–Crippen LogP) is 1.96. The summed E-state index contributed by atoms with van der Waals surface area (Å²) in [7, 11) is 0. The summed E-state index contributed by atoms with van der Waals surface area (Å²) < 4.78 is 0. The summed E-state index contributed by atoms with van der Waals surface area (Å²) in [5.41, 5.74) is -0.338. The quantitative estimate of drug-likeness (QED) is 0.552. The lowest BCUT2D eigenvalue weighted by Crippen LogP contribution is -2.36. The first-order chi connectivity index (χ1) is 7.56. The van der Waals surface area contributed by atoms with Gasteiger partial charge in [0.2, 0.25) is 11.5 Å². The Morgan fingerprint density at radius 1 is 1.25 bits per heavy atom. The number of fused-ring (bicyclic) bond motifs is 1. The lowest BCUT2D eigenvalue weighted by Gasteiger charge is -2.17. The molecule has 0 bridgehead atoms. The van der Waals surface area contributed by atoms with Crippen LogP contribution in [0.15, 0.2) is 17.3 Å². The first-order valence-corrected chi connectivity index (χ1v) is 4.88. The van der Waals surface area contributed by atoms with Crippen molar-refractivity contribution < 1.29 is 14.8 Å². The zero-order chi connectivity index (χ0) is 11.9. The van der Waals surface area contributed by atoms with Gasteiger partial charge in [-0.05, 0) is 12.1 Å². The molecule has 0 atom stereocenters. The van der Waals surface area contributed by atoms with E-state index in [-0.39, 0.29) is 21.3 Å². The molecule has 7 heteroatoms. The summed E-state index contributed by atoms with van der Waals surface area (Å²) in [6, 6.07) is 2.91. The highest BCUT2D eigenvalue weighted by atomic mass is 35.5. The third-order valence-corrected chi connectivity index (χ3v) is 2.90. The molecule has 0 saturated carbocycles. The largest absolute Gasteiger partial charge is 0.410 e. The zero-order valence-corrected chi connectivity index (χ0v) is 9.13. The number of carbonyl (C=O) groups excluding carboxylic acids is 2. The van der Waals surface area contributed by atoms with E-state index in [1.807, 2.05) is 0 Å². The highest BCUT2D eigenvalue weighted by Gasteiger charge is 2.33. The number of halogens is 2. The van der Waals surface area contributed by atoms with Crippen LogP contribution in [-0.2, 0) is 4.79 Å². The number of benzene rings is 1. The lowest BCUT2D eigenvalue weighted by molar-refractivity contribution is -0.110. The second kappa shape index (κ2) is 3.77. The molecule has 1 aliphatic rings. The molecule has 0 radical (unpaired) electrons. The summed E-state index contributed by atoms with van der Waals surface area (Å²) in [5, 5.41) is 13.7. The Kier molecular flexibility index (Phi) is 2.57. The second-order valence-electron chi connectivity index (χ2n) is 3.02. The van der Waals surface area contributed by atoms with Gasteiger partial charge in [-0.1, -0.05) is 28.4 Å². The van der Waals surface area contributed by atoms with Gasteiger partial charge in [0.15, 0.2) is 0 Å². The van der Waals surface area contributed by atoms with E-state index in [1.165, 1.54) is 12.1 Å². The lowest BCUT2D eigenvalue weighted by atomic mass is 10.00. The summed E-state index contributed by atoms with van der Waals surface area (Å²) in [6.45, 7) is 0. The molecule has 0 saturated heterocycles. The number of anilines is 1. The Balaban J connectivity index is 2.71. The Morgan fingerprint density at radius 3 is 2.56 bits per heavy atom. The fraction of sp³-hybridized carbons (Fsp3) is 0. The molecule has 1 aliphatic heterocycles. The molecule has 2 rings (SSSR count). The van der Waals surface area contributed by atoms with Crippen molar-refractivity contribution in [2.75, 3.05) is 5.32 Å². The van der Waals surface area contributed by atoms with Gasteiger partial charge in [0.25, 0.3) is 5.91 Å². The monoisotopic (exact) mass is 258 g/mol. The Labute approximate surface area is 99.6 Å². The maximum absolute atomic E-state index is 11.7. The van der Waals surface area contributed by atoms with Crippen molar-refractivity contribution in [1.29, 1.82) is 0 Å². The van der Waals surface area contributed by atoms with Gasteiger partial charge in [-0.2, -0.15) is 0 Å². The third-order valence-electron chi connectivity index (χ3n) is 2.10. The van der Waals surface area contributed by atoms with Gasteiger partial charge in [-0.3, -0.25) is 9.59 Å². The van der Waals surface area contributed by atoms with Crippen LogP contribution in [0.3, 0.4) is 0 Å². The van der Waals surface area contributed by atoms with Crippen LogP contribution in [0.1, 0.15) is 10.4 Å². The topological polar surface area (TPSA) is 78.8 Å². The van der Waals surface area contributed by atoms with Crippen LogP contribution >= 0.6 is 23.2 Å². The number of nitrogens with one attached hydrogen (secondary N) is 1. The van der Waals surface area contributed by atoms with E-state index >= 15 is 0 Å². The molecule has 1 heterocycles. The van der Waals surface area contributed by atoms with Crippen molar-refractivity contribution in [3.63, 3.8) is 0 Å². The third kappa shape index (κ3) is 1.45. The van der Waals surface area contributed by atoms with E-state index in [2.05, 4.69) is 10.5 Å². The van der Waals surface area contributed by atoms with Crippen molar-refractivity contribution in [2.45, 2.75) is 0 Å². The molecule has 1 aromatic rings. The van der Waals surface area contributed by atoms with Gasteiger partial charge in [0, 0.05) is 0 Å². The van der Waals surface area contributed by atoms with E-state index < -0.39 is 17.4 Å². The highest BCUT2D eigenvalue weighted by Crippen LogP contribution is 2.34. The van der Waals surface area contributed by atoms with Crippen molar-refractivity contribution in [1.82, 2.24) is 0 Å². The molecule has 0 aromatic heterocycles. The summed E-state index contributed by atoms with van der Waals surface area (Å²) in [6.07, 6.45) is 0. The SMILES string of the molecule is O=C1Nc2ccc(Cl)c(Cl)c2C(=O)C1=NO. The fourth-order valence-corrected chi connectivity index (χ4v) is 1.78. The van der Waals surface area contributed by atoms with Gasteiger partial charge in [0.1, 0.15) is 0 Å². The molecule has 0 fully saturated rings. The number of nitrogens with zero attached hydrogens (tertiary/aromatic N) is 1. The Hall–Kier alpha value is -1.59. The maximum atomic E-state index is 11.7. The molecule has 5 nitrogen and oxygen atoms in total. The number of oxime groups is 1. The van der Waals surface area contributed by atoms with Crippen LogP contribution < -0.4 is 5.32 Å². The van der Waals surface area contributed by atoms with E-state index in [9.17, 15) is 9.59 Å². The average Bonchev–Trinajstić information content (AvgIpc) is 2.24. The number of amides is 1. The summed E-state index contributed by atoms with van der Waals surface area (Å²) in [5.74, 6) is -1.54. The number of rotatable bonds is 0. The van der Waals surface area contributed by atoms with Gasteiger partial charge < -0.3 is 10.5 Å². The first kappa shape index (κ1) is 10.9. The van der Waals surface area contributed by atoms with Gasteiger partial charge in [-0.25, -0.2) is 0 Å². The molecule has 1 aromatic carbocycles. The van der Waals surface area contributed by atoms with E-state index in [1.54, 1.807) is 0 Å². The standard InChI is InChI=1S/C9H4Cl2N2O3/c10-3-1-2-4-5(6(3)11)8(14)7(13-16)9(15)12-4/h1-2,16H,(H,12,15). The Bertz CT molecular complexity index is 540. The van der Waals surface area contributed by atoms with Crippen LogP contribution in [0, 0.1) is 0 Å². The molecule has 0 aliphatic carbocycles. The van der Waals surface area contributed by atoms with Crippen molar-refractivity contribution in [2.24, 2.45) is 5.16 Å². The van der Waals surface area contributed by atoms with Crippen LogP contribution in [0.4, 0.5) is 5.69 Å². The molecular weight excluding hydrogens is 255 g/mol. The van der Waals surface area contributed by atoms with Crippen molar-refractivity contribution >= 4 is 46.3 Å². The Morgan fingerprint density at radius 2 is 1.94 bits per heavy atom. The smallest absolute Gasteiger partial charge is 0.281 e. The van der Waals surface area contributed by atoms with Crippen molar-refractivity contribution in [3.05, 3.63) is 27.7 Å². The molecule has 1 amide bonds. The maximum Gasteiger partial charge on any atom is 0.281 e. The van der Waals surface area contributed by atoms with E-state index in [0.29, 0.717) is 0 Å². The van der Waals surface area contributed by atoms with Crippen molar-refractivity contribution in [3.8, 4) is 0 Å². The molecule has 82 valence electrons. The number of carbonyl (C=O) groups is 2. The molecule has 2 N–H and O–H groups in total. The molecule has 16 heavy (non-hydrogen) atoms. The summed E-state index contributed by atoms with van der Waals surface area (Å²) in [4.78, 5) is 23.0. The first-order valence-electron chi connectivity index (χ1n) is 4.12. The van der Waals surface area contributed by atoms with Crippen LogP contribution in [0.2, 0.25) is 10.0 Å². The van der Waals surface area contributed by atoms with Crippen LogP contribution in [0.25, 0.3) is 0 Å². The van der Waals surface area contributed by atoms with E-state index in [0.717, 1.165) is 0 Å². The molecule has 0 unspecified atom stereocenters. The predicted molar refractivity (Wildman–Crippen MR) is 58.6 cm³/mol. The van der Waals surface area contributed by atoms with Gasteiger partial charge >= 0.3 is 0 Å².